The molecule has 0 aliphatic heterocycles. The van der Waals surface area contributed by atoms with E-state index in [2.05, 4.69) is 10.3 Å². The highest BCUT2D eigenvalue weighted by Crippen LogP contribution is 2.29. The van der Waals surface area contributed by atoms with Crippen molar-refractivity contribution in [3.05, 3.63) is 70.3 Å². The highest BCUT2D eigenvalue weighted by Gasteiger charge is 2.09. The zero-order chi connectivity index (χ0) is 16.9. The van der Waals surface area contributed by atoms with Crippen molar-refractivity contribution in [3.8, 4) is 5.75 Å². The van der Waals surface area contributed by atoms with Crippen LogP contribution in [-0.2, 0) is 11.3 Å². The summed E-state index contributed by atoms with van der Waals surface area (Å²) in [5.41, 5.74) is 1.48. The Morgan fingerprint density at radius 3 is 2.71 bits per heavy atom. The number of carbonyl (C=O) groups excluding carboxylic acids is 1. The lowest BCUT2D eigenvalue weighted by Crippen LogP contribution is -2.28. The van der Waals surface area contributed by atoms with Crippen LogP contribution in [0.15, 0.2) is 54.7 Å². The molecule has 3 aromatic rings. The van der Waals surface area contributed by atoms with E-state index in [4.69, 9.17) is 27.9 Å². The molecular formula is C18H14Cl2N2O2. The van der Waals surface area contributed by atoms with Gasteiger partial charge in [0.1, 0.15) is 11.3 Å². The molecule has 0 aliphatic rings. The second kappa shape index (κ2) is 7.51. The van der Waals surface area contributed by atoms with Gasteiger partial charge in [-0.15, -0.1) is 0 Å². The molecule has 0 saturated carbocycles. The zero-order valence-electron chi connectivity index (χ0n) is 12.6. The Kier molecular flexibility index (Phi) is 5.18. The average molecular weight is 361 g/mol. The lowest BCUT2D eigenvalue weighted by atomic mass is 10.2. The first-order chi connectivity index (χ1) is 11.6. The number of nitrogens with one attached hydrogen (secondary N) is 1. The number of rotatable bonds is 5. The molecular weight excluding hydrogens is 347 g/mol. The van der Waals surface area contributed by atoms with Gasteiger partial charge in [-0.2, -0.15) is 0 Å². The van der Waals surface area contributed by atoms with Crippen molar-refractivity contribution in [1.82, 2.24) is 10.3 Å². The predicted octanol–water partition coefficient (Wildman–Crippen LogP) is 4.24. The number of ether oxygens (including phenoxy) is 1. The number of benzene rings is 2. The molecule has 0 spiro atoms. The molecule has 0 unspecified atom stereocenters. The molecule has 0 atom stereocenters. The molecule has 24 heavy (non-hydrogen) atoms. The molecule has 1 heterocycles. The van der Waals surface area contributed by atoms with Gasteiger partial charge in [-0.05, 0) is 35.9 Å². The van der Waals surface area contributed by atoms with Crippen LogP contribution in [0, 0.1) is 0 Å². The largest absolute Gasteiger partial charge is 0.481 e. The number of nitrogens with zero attached hydrogens (tertiary/aromatic N) is 1. The topological polar surface area (TPSA) is 51.2 Å². The molecule has 122 valence electrons. The van der Waals surface area contributed by atoms with Crippen molar-refractivity contribution in [2.24, 2.45) is 0 Å². The van der Waals surface area contributed by atoms with Gasteiger partial charge in [0, 0.05) is 23.2 Å². The first-order valence-corrected chi connectivity index (χ1v) is 8.07. The first kappa shape index (κ1) is 16.6. The molecule has 6 heteroatoms. The third-order valence-corrected chi connectivity index (χ3v) is 4.17. The first-order valence-electron chi connectivity index (χ1n) is 7.31. The molecule has 0 saturated heterocycles. The van der Waals surface area contributed by atoms with Crippen LogP contribution in [0.25, 0.3) is 10.9 Å². The number of carbonyl (C=O) groups is 1. The Labute approximate surface area is 149 Å². The molecule has 1 amide bonds. The summed E-state index contributed by atoms with van der Waals surface area (Å²) in [6.07, 6.45) is 1.66. The second-order valence-corrected chi connectivity index (χ2v) is 5.92. The third kappa shape index (κ3) is 3.78. The van der Waals surface area contributed by atoms with Crippen LogP contribution >= 0.6 is 23.2 Å². The van der Waals surface area contributed by atoms with E-state index in [-0.39, 0.29) is 12.5 Å². The van der Waals surface area contributed by atoms with Gasteiger partial charge in [0.2, 0.25) is 0 Å². The fraction of sp³-hybridized carbons (Fsp3) is 0.111. The van der Waals surface area contributed by atoms with E-state index in [1.165, 1.54) is 0 Å². The van der Waals surface area contributed by atoms with Gasteiger partial charge in [-0.1, -0.05) is 41.4 Å². The summed E-state index contributed by atoms with van der Waals surface area (Å²) in [6.45, 7) is 0.235. The van der Waals surface area contributed by atoms with Crippen molar-refractivity contribution in [2.75, 3.05) is 6.61 Å². The zero-order valence-corrected chi connectivity index (χ0v) is 14.1. The van der Waals surface area contributed by atoms with Crippen LogP contribution in [0.5, 0.6) is 5.75 Å². The average Bonchev–Trinajstić information content (AvgIpc) is 2.61. The Morgan fingerprint density at radius 1 is 1.04 bits per heavy atom. The summed E-state index contributed by atoms with van der Waals surface area (Å²) < 4.78 is 5.59. The van der Waals surface area contributed by atoms with Crippen molar-refractivity contribution in [2.45, 2.75) is 6.54 Å². The quantitative estimate of drug-likeness (QED) is 0.740. The normalized spacial score (nSPS) is 10.6. The third-order valence-electron chi connectivity index (χ3n) is 3.47. The van der Waals surface area contributed by atoms with Crippen molar-refractivity contribution in [1.29, 1.82) is 0 Å². The van der Waals surface area contributed by atoms with Crippen molar-refractivity contribution in [3.63, 3.8) is 0 Å². The van der Waals surface area contributed by atoms with E-state index in [1.807, 2.05) is 24.3 Å². The molecule has 0 aliphatic carbocycles. The Hall–Kier alpha value is -2.30. The van der Waals surface area contributed by atoms with Gasteiger partial charge < -0.3 is 10.1 Å². The molecule has 2 aromatic carbocycles. The Balaban J connectivity index is 1.63. The van der Waals surface area contributed by atoms with Crippen molar-refractivity contribution < 1.29 is 9.53 Å². The van der Waals surface area contributed by atoms with Gasteiger partial charge in [0.05, 0.1) is 5.02 Å². The number of aromatic nitrogens is 1. The summed E-state index contributed by atoms with van der Waals surface area (Å²) >= 11 is 12.2. The van der Waals surface area contributed by atoms with E-state index in [1.54, 1.807) is 30.5 Å². The lowest BCUT2D eigenvalue weighted by molar-refractivity contribution is -0.123. The minimum Gasteiger partial charge on any atom is -0.481 e. The second-order valence-electron chi connectivity index (χ2n) is 5.10. The summed E-state index contributed by atoms with van der Waals surface area (Å²) in [5, 5.41) is 4.77. The number of halogens is 2. The summed E-state index contributed by atoms with van der Waals surface area (Å²) in [6, 6.07) is 14.4. The van der Waals surface area contributed by atoms with Crippen LogP contribution in [0.4, 0.5) is 0 Å². The van der Waals surface area contributed by atoms with Gasteiger partial charge >= 0.3 is 0 Å². The van der Waals surface area contributed by atoms with Crippen LogP contribution in [-0.4, -0.2) is 17.5 Å². The van der Waals surface area contributed by atoms with E-state index < -0.39 is 0 Å². The van der Waals surface area contributed by atoms with E-state index in [9.17, 15) is 4.79 Å². The van der Waals surface area contributed by atoms with E-state index >= 15 is 0 Å². The Bertz CT molecular complexity index is 884. The number of hydrogen-bond donors (Lipinski definition) is 1. The standard InChI is InChI=1S/C18H14Cl2N2O2/c19-14-6-2-1-4-12(14)10-22-17(23)11-24-16-8-7-15(20)13-5-3-9-21-18(13)16/h1-9H,10-11H2,(H,22,23). The predicted molar refractivity (Wildman–Crippen MR) is 95.5 cm³/mol. The number of amides is 1. The minimum atomic E-state index is -0.242. The van der Waals surface area contributed by atoms with Crippen LogP contribution < -0.4 is 10.1 Å². The van der Waals surface area contributed by atoms with Crippen LogP contribution in [0.3, 0.4) is 0 Å². The molecule has 0 fully saturated rings. The van der Waals surface area contributed by atoms with Gasteiger partial charge in [-0.3, -0.25) is 9.78 Å². The Morgan fingerprint density at radius 2 is 1.88 bits per heavy atom. The van der Waals surface area contributed by atoms with Gasteiger partial charge in [-0.25, -0.2) is 0 Å². The number of hydrogen-bond acceptors (Lipinski definition) is 3. The molecule has 0 bridgehead atoms. The van der Waals surface area contributed by atoms with Gasteiger partial charge in [0.15, 0.2) is 6.61 Å². The SMILES string of the molecule is O=C(COc1ccc(Cl)c2cccnc12)NCc1ccccc1Cl. The monoisotopic (exact) mass is 360 g/mol. The van der Waals surface area contributed by atoms with Gasteiger partial charge in [0.25, 0.3) is 5.91 Å². The number of fused-ring (bicyclic) bond motifs is 1. The maximum atomic E-state index is 12.0. The van der Waals surface area contributed by atoms with E-state index in [0.717, 1.165) is 10.9 Å². The molecule has 3 rings (SSSR count). The molecule has 1 N–H and O–H groups in total. The molecule has 4 nitrogen and oxygen atoms in total. The molecule has 1 aromatic heterocycles. The van der Waals surface area contributed by atoms with Crippen LogP contribution in [0.1, 0.15) is 5.56 Å². The fourth-order valence-corrected chi connectivity index (χ4v) is 2.68. The molecule has 0 radical (unpaired) electrons. The highest BCUT2D eigenvalue weighted by molar-refractivity contribution is 6.35. The van der Waals surface area contributed by atoms with Crippen molar-refractivity contribution >= 4 is 40.0 Å². The highest BCUT2D eigenvalue weighted by atomic mass is 35.5. The summed E-state index contributed by atoms with van der Waals surface area (Å²) in [5.74, 6) is 0.275. The van der Waals surface area contributed by atoms with Crippen LogP contribution in [0.2, 0.25) is 10.0 Å². The summed E-state index contributed by atoms with van der Waals surface area (Å²) in [7, 11) is 0. The summed E-state index contributed by atoms with van der Waals surface area (Å²) in [4.78, 5) is 16.2. The van der Waals surface area contributed by atoms with E-state index in [0.29, 0.717) is 27.9 Å². The smallest absolute Gasteiger partial charge is 0.258 e. The lowest BCUT2D eigenvalue weighted by Gasteiger charge is -2.10. The fourth-order valence-electron chi connectivity index (χ4n) is 2.26. The minimum absolute atomic E-state index is 0.113. The maximum absolute atomic E-state index is 12.0. The maximum Gasteiger partial charge on any atom is 0.258 e. The number of pyridine rings is 1.